The molecule has 6 heteroatoms. The van der Waals surface area contributed by atoms with Crippen LogP contribution >= 0.6 is 11.6 Å². The molecule has 1 unspecified atom stereocenters. The number of carbonyl (C=O) groups excluding carboxylic acids is 1. The lowest BCUT2D eigenvalue weighted by atomic mass is 10.2. The summed E-state index contributed by atoms with van der Waals surface area (Å²) in [6.45, 7) is 5.07. The van der Waals surface area contributed by atoms with Crippen LogP contribution in [-0.4, -0.2) is 66.1 Å². The number of ether oxygens (including phenoxy) is 1. The third-order valence-corrected chi connectivity index (χ3v) is 4.32. The number of hydrogen-bond acceptors (Lipinski definition) is 4. The third-order valence-electron chi connectivity index (χ3n) is 4.02. The zero-order chi connectivity index (χ0) is 13.9. The van der Waals surface area contributed by atoms with Crippen LogP contribution in [0.4, 0.5) is 0 Å². The van der Waals surface area contributed by atoms with E-state index in [4.69, 9.17) is 16.3 Å². The van der Waals surface area contributed by atoms with Gasteiger partial charge in [0, 0.05) is 44.6 Å². The van der Waals surface area contributed by atoms with E-state index in [-0.39, 0.29) is 5.91 Å². The van der Waals surface area contributed by atoms with Crippen molar-refractivity contribution in [2.45, 2.75) is 12.5 Å². The van der Waals surface area contributed by atoms with Gasteiger partial charge in [0.25, 0.3) is 5.91 Å². The van der Waals surface area contributed by atoms with Crippen molar-refractivity contribution >= 4 is 17.5 Å². The molecule has 0 bridgehead atoms. The molecule has 0 aliphatic carbocycles. The van der Waals surface area contributed by atoms with Crippen molar-refractivity contribution in [2.24, 2.45) is 0 Å². The van der Waals surface area contributed by atoms with E-state index in [2.05, 4.69) is 9.88 Å². The average Bonchev–Trinajstić information content (AvgIpc) is 2.98. The molecule has 0 spiro atoms. The zero-order valence-electron chi connectivity index (χ0n) is 11.3. The Morgan fingerprint density at radius 2 is 2.15 bits per heavy atom. The van der Waals surface area contributed by atoms with E-state index < -0.39 is 0 Å². The lowest BCUT2D eigenvalue weighted by molar-refractivity contribution is 0.0185. The minimum atomic E-state index is 0.00756. The molecule has 0 N–H and O–H groups in total. The summed E-state index contributed by atoms with van der Waals surface area (Å²) in [5.74, 6) is 0.00756. The molecule has 2 aliphatic rings. The Balaban J connectivity index is 1.65. The van der Waals surface area contributed by atoms with Crippen LogP contribution in [0.2, 0.25) is 5.02 Å². The molecule has 2 aliphatic heterocycles. The number of carbonyl (C=O) groups is 1. The molecule has 0 radical (unpaired) electrons. The highest BCUT2D eigenvalue weighted by molar-refractivity contribution is 6.33. The quantitative estimate of drug-likeness (QED) is 0.825. The van der Waals surface area contributed by atoms with Crippen LogP contribution in [0.5, 0.6) is 0 Å². The second kappa shape index (κ2) is 6.08. The Bertz CT molecular complexity index is 491. The monoisotopic (exact) mass is 295 g/mol. The smallest absolute Gasteiger partial charge is 0.255 e. The van der Waals surface area contributed by atoms with E-state index in [1.807, 2.05) is 4.90 Å². The van der Waals surface area contributed by atoms with Gasteiger partial charge in [-0.2, -0.15) is 0 Å². The van der Waals surface area contributed by atoms with Gasteiger partial charge in [-0.05, 0) is 12.5 Å². The number of aromatic nitrogens is 1. The average molecular weight is 296 g/mol. The molecule has 1 aromatic heterocycles. The van der Waals surface area contributed by atoms with Gasteiger partial charge in [-0.25, -0.2) is 0 Å². The van der Waals surface area contributed by atoms with Crippen LogP contribution in [-0.2, 0) is 4.74 Å². The van der Waals surface area contributed by atoms with Gasteiger partial charge in [-0.15, -0.1) is 0 Å². The molecule has 0 saturated carbocycles. The van der Waals surface area contributed by atoms with Crippen LogP contribution in [0.15, 0.2) is 18.5 Å². The maximum absolute atomic E-state index is 12.5. The molecule has 1 aromatic rings. The van der Waals surface area contributed by atoms with Gasteiger partial charge in [-0.3, -0.25) is 14.7 Å². The predicted molar refractivity (Wildman–Crippen MR) is 75.9 cm³/mol. The number of hydrogen-bond donors (Lipinski definition) is 0. The highest BCUT2D eigenvalue weighted by Crippen LogP contribution is 2.22. The molecule has 2 saturated heterocycles. The summed E-state index contributed by atoms with van der Waals surface area (Å²) in [5.41, 5.74) is 0.546. The highest BCUT2D eigenvalue weighted by Gasteiger charge is 2.32. The first-order valence-corrected chi connectivity index (χ1v) is 7.34. The van der Waals surface area contributed by atoms with Gasteiger partial charge in [-0.1, -0.05) is 11.6 Å². The molecule has 20 heavy (non-hydrogen) atoms. The molecule has 108 valence electrons. The lowest BCUT2D eigenvalue weighted by Gasteiger charge is -2.32. The van der Waals surface area contributed by atoms with Crippen LogP contribution in [0.25, 0.3) is 0 Å². The fourth-order valence-electron chi connectivity index (χ4n) is 2.89. The summed E-state index contributed by atoms with van der Waals surface area (Å²) in [7, 11) is 0. The van der Waals surface area contributed by atoms with Crippen molar-refractivity contribution in [2.75, 3.05) is 39.4 Å². The number of rotatable bonds is 2. The van der Waals surface area contributed by atoms with Crippen LogP contribution in [0, 0.1) is 0 Å². The van der Waals surface area contributed by atoms with Crippen LogP contribution < -0.4 is 0 Å². The molecule has 3 rings (SSSR count). The van der Waals surface area contributed by atoms with E-state index in [1.165, 1.54) is 6.20 Å². The van der Waals surface area contributed by atoms with Gasteiger partial charge in [0.1, 0.15) is 0 Å². The fraction of sp³-hybridized carbons (Fsp3) is 0.571. The van der Waals surface area contributed by atoms with Gasteiger partial charge in [0.2, 0.25) is 0 Å². The van der Waals surface area contributed by atoms with E-state index in [1.54, 1.807) is 12.3 Å². The number of nitrogens with zero attached hydrogens (tertiary/aromatic N) is 3. The minimum Gasteiger partial charge on any atom is -0.379 e. The normalized spacial score (nSPS) is 24.1. The van der Waals surface area contributed by atoms with Gasteiger partial charge in [0.05, 0.1) is 23.8 Å². The first-order valence-electron chi connectivity index (χ1n) is 6.96. The molecular formula is C14H18ClN3O2. The van der Waals surface area contributed by atoms with Crippen molar-refractivity contribution < 1.29 is 9.53 Å². The van der Waals surface area contributed by atoms with E-state index in [0.717, 1.165) is 45.8 Å². The summed E-state index contributed by atoms with van der Waals surface area (Å²) in [6.07, 6.45) is 4.15. The topological polar surface area (TPSA) is 45.7 Å². The summed E-state index contributed by atoms with van der Waals surface area (Å²) in [4.78, 5) is 20.7. The zero-order valence-corrected chi connectivity index (χ0v) is 12.1. The second-order valence-electron chi connectivity index (χ2n) is 5.20. The number of halogens is 1. The summed E-state index contributed by atoms with van der Waals surface area (Å²) >= 11 is 6.05. The van der Waals surface area contributed by atoms with Gasteiger partial charge < -0.3 is 9.64 Å². The van der Waals surface area contributed by atoms with Crippen molar-refractivity contribution in [3.8, 4) is 0 Å². The molecule has 1 amide bonds. The first kappa shape index (κ1) is 13.8. The summed E-state index contributed by atoms with van der Waals surface area (Å²) < 4.78 is 5.37. The number of likely N-dealkylation sites (tertiary alicyclic amines) is 1. The predicted octanol–water partition coefficient (Wildman–Crippen LogP) is 1.28. The molecule has 5 nitrogen and oxygen atoms in total. The molecule has 0 aromatic carbocycles. The van der Waals surface area contributed by atoms with Crippen LogP contribution in [0.3, 0.4) is 0 Å². The SMILES string of the molecule is O=C(c1ccncc1Cl)N1CCC(N2CCOCC2)C1. The van der Waals surface area contributed by atoms with Crippen molar-refractivity contribution in [1.29, 1.82) is 0 Å². The summed E-state index contributed by atoms with van der Waals surface area (Å²) in [5, 5.41) is 0.423. The van der Waals surface area contributed by atoms with Gasteiger partial charge >= 0.3 is 0 Å². The molecule has 2 fully saturated rings. The van der Waals surface area contributed by atoms with E-state index in [0.29, 0.717) is 16.6 Å². The van der Waals surface area contributed by atoms with Crippen LogP contribution in [0.1, 0.15) is 16.8 Å². The molecular weight excluding hydrogens is 278 g/mol. The third kappa shape index (κ3) is 2.80. The fourth-order valence-corrected chi connectivity index (χ4v) is 3.09. The molecule has 1 atom stereocenters. The van der Waals surface area contributed by atoms with Gasteiger partial charge in [0.15, 0.2) is 0 Å². The molecule has 3 heterocycles. The Labute approximate surface area is 123 Å². The Kier molecular flexibility index (Phi) is 4.19. The minimum absolute atomic E-state index is 0.00756. The highest BCUT2D eigenvalue weighted by atomic mass is 35.5. The Morgan fingerprint density at radius 3 is 2.90 bits per heavy atom. The van der Waals surface area contributed by atoms with Crippen molar-refractivity contribution in [1.82, 2.24) is 14.8 Å². The maximum Gasteiger partial charge on any atom is 0.255 e. The standard InChI is InChI=1S/C14H18ClN3O2/c15-13-9-16-3-1-12(13)14(19)18-4-2-11(10-18)17-5-7-20-8-6-17/h1,3,9,11H,2,4-8,10H2. The number of pyridine rings is 1. The van der Waals surface area contributed by atoms with Crippen molar-refractivity contribution in [3.63, 3.8) is 0 Å². The lowest BCUT2D eigenvalue weighted by Crippen LogP contribution is -2.45. The van der Waals surface area contributed by atoms with E-state index in [9.17, 15) is 4.79 Å². The Hall–Kier alpha value is -1.17. The van der Waals surface area contributed by atoms with Crippen molar-refractivity contribution in [3.05, 3.63) is 29.0 Å². The number of amides is 1. The maximum atomic E-state index is 12.5. The number of morpholine rings is 1. The Morgan fingerprint density at radius 1 is 1.35 bits per heavy atom. The first-order chi connectivity index (χ1) is 9.75. The second-order valence-corrected chi connectivity index (χ2v) is 5.60. The summed E-state index contributed by atoms with van der Waals surface area (Å²) in [6, 6.07) is 2.13. The largest absolute Gasteiger partial charge is 0.379 e. The van der Waals surface area contributed by atoms with E-state index >= 15 is 0 Å².